The maximum atomic E-state index is 12.3. The highest BCUT2D eigenvalue weighted by atomic mass is 16.2. The van der Waals surface area contributed by atoms with E-state index in [2.05, 4.69) is 19.9 Å². The van der Waals surface area contributed by atoms with Crippen molar-refractivity contribution in [3.63, 3.8) is 0 Å². The van der Waals surface area contributed by atoms with Crippen LogP contribution in [0.1, 0.15) is 50.2 Å². The van der Waals surface area contributed by atoms with Crippen LogP contribution in [0.3, 0.4) is 0 Å². The highest BCUT2D eigenvalue weighted by Crippen LogP contribution is 2.19. The molecule has 1 aromatic rings. The normalized spacial score (nSPS) is 22.8. The maximum Gasteiger partial charge on any atom is 0.223 e. The molecule has 0 radical (unpaired) electrons. The van der Waals surface area contributed by atoms with E-state index in [1.54, 1.807) is 0 Å². The van der Waals surface area contributed by atoms with Crippen molar-refractivity contribution in [1.82, 2.24) is 24.6 Å². The molecule has 3 rings (SSSR count). The molecule has 0 aromatic carbocycles. The van der Waals surface area contributed by atoms with Crippen molar-refractivity contribution in [2.75, 3.05) is 32.7 Å². The Labute approximate surface area is 145 Å². The third-order valence-corrected chi connectivity index (χ3v) is 5.35. The SMILES string of the molecule is Cc1nc(C)n(C[C@@H]2CCCN(CCC(=O)N3CCCCC3)C2)n1. The Bertz CT molecular complexity index is 550. The van der Waals surface area contributed by atoms with E-state index in [9.17, 15) is 4.79 Å². The summed E-state index contributed by atoms with van der Waals surface area (Å²) in [6.45, 7) is 9.95. The molecule has 134 valence electrons. The van der Waals surface area contributed by atoms with Crippen LogP contribution in [0.15, 0.2) is 0 Å². The van der Waals surface area contributed by atoms with E-state index in [0.717, 1.165) is 50.9 Å². The zero-order valence-corrected chi connectivity index (χ0v) is 15.2. The molecule has 1 aromatic heterocycles. The van der Waals surface area contributed by atoms with Gasteiger partial charge in [0.25, 0.3) is 0 Å². The fourth-order valence-corrected chi connectivity index (χ4v) is 4.04. The second-order valence-electron chi connectivity index (χ2n) is 7.39. The van der Waals surface area contributed by atoms with Gasteiger partial charge in [-0.05, 0) is 58.4 Å². The molecule has 1 atom stereocenters. The predicted molar refractivity (Wildman–Crippen MR) is 93.7 cm³/mol. The summed E-state index contributed by atoms with van der Waals surface area (Å²) in [7, 11) is 0. The highest BCUT2D eigenvalue weighted by Gasteiger charge is 2.23. The average Bonchev–Trinajstić information content (AvgIpc) is 2.91. The van der Waals surface area contributed by atoms with Gasteiger partial charge in [0.15, 0.2) is 0 Å². The van der Waals surface area contributed by atoms with E-state index in [1.165, 1.54) is 32.1 Å². The molecule has 6 nitrogen and oxygen atoms in total. The molecule has 1 amide bonds. The quantitative estimate of drug-likeness (QED) is 0.827. The summed E-state index contributed by atoms with van der Waals surface area (Å²) in [5, 5.41) is 4.49. The Hall–Kier alpha value is -1.43. The first kappa shape index (κ1) is 17.4. The van der Waals surface area contributed by atoms with Crippen LogP contribution in [-0.4, -0.2) is 63.2 Å². The number of rotatable bonds is 5. The second-order valence-corrected chi connectivity index (χ2v) is 7.39. The summed E-state index contributed by atoms with van der Waals surface area (Å²) >= 11 is 0. The first-order chi connectivity index (χ1) is 11.6. The smallest absolute Gasteiger partial charge is 0.223 e. The molecule has 0 spiro atoms. The van der Waals surface area contributed by atoms with Gasteiger partial charge in [-0.2, -0.15) is 5.10 Å². The fraction of sp³-hybridized carbons (Fsp3) is 0.833. The lowest BCUT2D eigenvalue weighted by atomic mass is 9.98. The van der Waals surface area contributed by atoms with Crippen molar-refractivity contribution < 1.29 is 4.79 Å². The maximum absolute atomic E-state index is 12.3. The zero-order valence-electron chi connectivity index (χ0n) is 15.2. The zero-order chi connectivity index (χ0) is 16.9. The molecule has 6 heteroatoms. The van der Waals surface area contributed by atoms with Gasteiger partial charge in [0, 0.05) is 39.1 Å². The van der Waals surface area contributed by atoms with Crippen molar-refractivity contribution in [1.29, 1.82) is 0 Å². The molecule has 0 aliphatic carbocycles. The van der Waals surface area contributed by atoms with Crippen LogP contribution in [0, 0.1) is 19.8 Å². The van der Waals surface area contributed by atoms with Crippen LogP contribution in [0.4, 0.5) is 0 Å². The van der Waals surface area contributed by atoms with Gasteiger partial charge in [0.1, 0.15) is 11.6 Å². The number of aromatic nitrogens is 3. The topological polar surface area (TPSA) is 54.3 Å². The van der Waals surface area contributed by atoms with Gasteiger partial charge < -0.3 is 9.80 Å². The Morgan fingerprint density at radius 3 is 2.62 bits per heavy atom. The standard InChI is InChI=1S/C18H31N5O/c1-15-19-16(2)23(20-15)14-17-7-6-9-21(13-17)12-8-18(24)22-10-4-3-5-11-22/h17H,3-14H2,1-2H3/t17-/m1/s1. The minimum absolute atomic E-state index is 0.347. The van der Waals surface area contributed by atoms with E-state index >= 15 is 0 Å². The monoisotopic (exact) mass is 333 g/mol. The fourth-order valence-electron chi connectivity index (χ4n) is 4.04. The number of piperidine rings is 2. The Balaban J connectivity index is 1.45. The van der Waals surface area contributed by atoms with Crippen LogP contribution >= 0.6 is 0 Å². The molecule has 2 aliphatic heterocycles. The van der Waals surface area contributed by atoms with Gasteiger partial charge in [-0.25, -0.2) is 9.67 Å². The van der Waals surface area contributed by atoms with E-state index in [0.29, 0.717) is 18.2 Å². The van der Waals surface area contributed by atoms with Crippen molar-refractivity contribution in [2.45, 2.75) is 58.9 Å². The summed E-state index contributed by atoms with van der Waals surface area (Å²) in [4.78, 5) is 21.3. The minimum atomic E-state index is 0.347. The number of likely N-dealkylation sites (tertiary alicyclic amines) is 2. The van der Waals surface area contributed by atoms with E-state index in [-0.39, 0.29) is 0 Å². The first-order valence-electron chi connectivity index (χ1n) is 9.50. The molecule has 2 saturated heterocycles. The predicted octanol–water partition coefficient (Wildman–Crippen LogP) is 2.01. The number of carbonyl (C=O) groups excluding carboxylic acids is 1. The lowest BCUT2D eigenvalue weighted by molar-refractivity contribution is -0.132. The van der Waals surface area contributed by atoms with E-state index < -0.39 is 0 Å². The van der Waals surface area contributed by atoms with Crippen LogP contribution in [-0.2, 0) is 11.3 Å². The Morgan fingerprint density at radius 2 is 1.92 bits per heavy atom. The van der Waals surface area contributed by atoms with Crippen LogP contribution in [0.2, 0.25) is 0 Å². The molecule has 2 aliphatic rings. The Kier molecular flexibility index (Phi) is 5.87. The summed E-state index contributed by atoms with van der Waals surface area (Å²) in [5.74, 6) is 2.82. The molecule has 0 unspecified atom stereocenters. The second kappa shape index (κ2) is 8.10. The van der Waals surface area contributed by atoms with Crippen molar-refractivity contribution in [2.24, 2.45) is 5.92 Å². The lowest BCUT2D eigenvalue weighted by Crippen LogP contribution is -2.41. The molecule has 24 heavy (non-hydrogen) atoms. The number of nitrogens with zero attached hydrogens (tertiary/aromatic N) is 5. The number of hydrogen-bond acceptors (Lipinski definition) is 4. The number of amides is 1. The molecule has 0 bridgehead atoms. The molecular weight excluding hydrogens is 302 g/mol. The summed E-state index contributed by atoms with van der Waals surface area (Å²) in [6.07, 6.45) is 6.76. The van der Waals surface area contributed by atoms with Crippen molar-refractivity contribution in [3.8, 4) is 0 Å². The first-order valence-corrected chi connectivity index (χ1v) is 9.50. The molecular formula is C18H31N5O. The van der Waals surface area contributed by atoms with Crippen molar-refractivity contribution >= 4 is 5.91 Å². The lowest BCUT2D eigenvalue weighted by Gasteiger charge is -2.33. The van der Waals surface area contributed by atoms with E-state index in [1.807, 2.05) is 18.5 Å². The van der Waals surface area contributed by atoms with Gasteiger partial charge in [-0.1, -0.05) is 0 Å². The van der Waals surface area contributed by atoms with Crippen LogP contribution in [0.25, 0.3) is 0 Å². The van der Waals surface area contributed by atoms with Gasteiger partial charge >= 0.3 is 0 Å². The number of hydrogen-bond donors (Lipinski definition) is 0. The summed E-state index contributed by atoms with van der Waals surface area (Å²) in [5.41, 5.74) is 0. The Morgan fingerprint density at radius 1 is 1.12 bits per heavy atom. The van der Waals surface area contributed by atoms with Gasteiger partial charge in [-0.15, -0.1) is 0 Å². The molecule has 0 saturated carbocycles. The van der Waals surface area contributed by atoms with Crippen LogP contribution in [0.5, 0.6) is 0 Å². The average molecular weight is 333 g/mol. The van der Waals surface area contributed by atoms with E-state index in [4.69, 9.17) is 0 Å². The summed E-state index contributed by atoms with van der Waals surface area (Å²) in [6, 6.07) is 0. The number of aryl methyl sites for hydroxylation is 2. The van der Waals surface area contributed by atoms with Crippen LogP contribution < -0.4 is 0 Å². The minimum Gasteiger partial charge on any atom is -0.343 e. The third kappa shape index (κ3) is 4.56. The van der Waals surface area contributed by atoms with Gasteiger partial charge in [0.2, 0.25) is 5.91 Å². The molecule has 2 fully saturated rings. The molecule has 0 N–H and O–H groups in total. The van der Waals surface area contributed by atoms with Gasteiger partial charge in [0.05, 0.1) is 0 Å². The van der Waals surface area contributed by atoms with Crippen molar-refractivity contribution in [3.05, 3.63) is 11.6 Å². The van der Waals surface area contributed by atoms with Gasteiger partial charge in [-0.3, -0.25) is 4.79 Å². The molecule has 3 heterocycles. The largest absolute Gasteiger partial charge is 0.343 e. The number of carbonyl (C=O) groups is 1. The summed E-state index contributed by atoms with van der Waals surface area (Å²) < 4.78 is 2.04. The third-order valence-electron chi connectivity index (χ3n) is 5.35. The highest BCUT2D eigenvalue weighted by molar-refractivity contribution is 5.76.